The molecule has 2 rings (SSSR count). The summed E-state index contributed by atoms with van der Waals surface area (Å²) < 4.78 is 0. The van der Waals surface area contributed by atoms with Gasteiger partial charge < -0.3 is 16.0 Å². The smallest absolute Gasteiger partial charge is 0.251 e. The van der Waals surface area contributed by atoms with Crippen LogP contribution in [-0.4, -0.2) is 42.4 Å². The zero-order chi connectivity index (χ0) is 17.0. The van der Waals surface area contributed by atoms with Crippen molar-refractivity contribution >= 4 is 35.0 Å². The van der Waals surface area contributed by atoms with Gasteiger partial charge in [0.05, 0.1) is 16.6 Å². The largest absolute Gasteiger partial charge is 0.343 e. The fourth-order valence-electron chi connectivity index (χ4n) is 2.67. The third-order valence-electron chi connectivity index (χ3n) is 4.14. The number of nitrogens with zero attached hydrogens (tertiary/aromatic N) is 1. The van der Waals surface area contributed by atoms with Crippen molar-refractivity contribution < 1.29 is 9.59 Å². The van der Waals surface area contributed by atoms with E-state index in [0.29, 0.717) is 34.6 Å². The van der Waals surface area contributed by atoms with E-state index in [1.165, 1.54) is 6.07 Å². The molecule has 1 aliphatic rings. The maximum atomic E-state index is 12.2. The molecule has 1 fully saturated rings. The van der Waals surface area contributed by atoms with E-state index in [1.807, 2.05) is 6.92 Å². The second-order valence-corrected chi connectivity index (χ2v) is 6.73. The van der Waals surface area contributed by atoms with E-state index in [0.717, 1.165) is 12.8 Å². The zero-order valence-corrected chi connectivity index (χ0v) is 14.5. The first-order valence-corrected chi connectivity index (χ1v) is 8.40. The molecule has 2 atom stereocenters. The molecule has 23 heavy (non-hydrogen) atoms. The van der Waals surface area contributed by atoms with Crippen molar-refractivity contribution in [3.8, 4) is 0 Å². The Balaban J connectivity index is 1.88. The van der Waals surface area contributed by atoms with Crippen molar-refractivity contribution in [2.75, 3.05) is 19.6 Å². The molecule has 1 aromatic rings. The van der Waals surface area contributed by atoms with Gasteiger partial charge >= 0.3 is 0 Å². The van der Waals surface area contributed by atoms with E-state index in [4.69, 9.17) is 28.9 Å². The van der Waals surface area contributed by atoms with Crippen LogP contribution in [0.15, 0.2) is 18.2 Å². The molecule has 2 amide bonds. The number of benzene rings is 1. The first kappa shape index (κ1) is 18.0. The number of halogens is 2. The van der Waals surface area contributed by atoms with Crippen molar-refractivity contribution in [3.63, 3.8) is 0 Å². The summed E-state index contributed by atoms with van der Waals surface area (Å²) in [6.45, 7) is 3.29. The Morgan fingerprint density at radius 3 is 2.78 bits per heavy atom. The van der Waals surface area contributed by atoms with Gasteiger partial charge in [-0.25, -0.2) is 0 Å². The SMILES string of the molecule is CC(N)C1CCCN(C(=O)CNC(=O)c2ccc(Cl)c(Cl)c2)C1. The minimum absolute atomic E-state index is 0.0370. The van der Waals surface area contributed by atoms with Gasteiger partial charge in [0, 0.05) is 24.7 Å². The summed E-state index contributed by atoms with van der Waals surface area (Å²) in [5, 5.41) is 3.31. The highest BCUT2D eigenvalue weighted by Crippen LogP contribution is 2.22. The lowest BCUT2D eigenvalue weighted by molar-refractivity contribution is -0.132. The van der Waals surface area contributed by atoms with Gasteiger partial charge in [0.1, 0.15) is 0 Å². The normalized spacial score (nSPS) is 19.3. The fourth-order valence-corrected chi connectivity index (χ4v) is 2.97. The summed E-state index contributed by atoms with van der Waals surface area (Å²) in [5.41, 5.74) is 6.30. The molecule has 0 radical (unpaired) electrons. The topological polar surface area (TPSA) is 75.4 Å². The van der Waals surface area contributed by atoms with Gasteiger partial charge in [-0.2, -0.15) is 0 Å². The maximum absolute atomic E-state index is 12.2. The lowest BCUT2D eigenvalue weighted by Crippen LogP contribution is -2.48. The average Bonchev–Trinajstić information content (AvgIpc) is 2.54. The van der Waals surface area contributed by atoms with Gasteiger partial charge in [0.2, 0.25) is 5.91 Å². The molecule has 0 aliphatic carbocycles. The molecule has 1 heterocycles. The number of carbonyl (C=O) groups is 2. The molecule has 0 saturated carbocycles. The minimum Gasteiger partial charge on any atom is -0.343 e. The highest BCUT2D eigenvalue weighted by atomic mass is 35.5. The van der Waals surface area contributed by atoms with Crippen molar-refractivity contribution in [1.29, 1.82) is 0 Å². The van der Waals surface area contributed by atoms with Crippen LogP contribution in [-0.2, 0) is 4.79 Å². The molecule has 0 bridgehead atoms. The van der Waals surface area contributed by atoms with Crippen molar-refractivity contribution in [2.24, 2.45) is 11.7 Å². The third kappa shape index (κ3) is 4.83. The van der Waals surface area contributed by atoms with Crippen LogP contribution in [0.4, 0.5) is 0 Å². The van der Waals surface area contributed by atoms with Gasteiger partial charge in [-0.3, -0.25) is 9.59 Å². The van der Waals surface area contributed by atoms with E-state index in [1.54, 1.807) is 17.0 Å². The maximum Gasteiger partial charge on any atom is 0.251 e. The predicted molar refractivity (Wildman–Crippen MR) is 91.7 cm³/mol. The highest BCUT2D eigenvalue weighted by molar-refractivity contribution is 6.42. The number of nitrogens with two attached hydrogens (primary N) is 1. The molecule has 7 heteroatoms. The number of hydrogen-bond acceptors (Lipinski definition) is 3. The first-order chi connectivity index (χ1) is 10.9. The Kier molecular flexibility index (Phi) is 6.27. The standard InChI is InChI=1S/C16H21Cl2N3O2/c1-10(19)12-3-2-6-21(9-12)15(22)8-20-16(23)11-4-5-13(17)14(18)7-11/h4-5,7,10,12H,2-3,6,8-9,19H2,1H3,(H,20,23). The quantitative estimate of drug-likeness (QED) is 0.867. The fraction of sp³-hybridized carbons (Fsp3) is 0.500. The number of carbonyl (C=O) groups excluding carboxylic acids is 2. The van der Waals surface area contributed by atoms with Crippen LogP contribution in [0.1, 0.15) is 30.1 Å². The van der Waals surface area contributed by atoms with Gasteiger partial charge in [-0.05, 0) is 43.9 Å². The molecule has 0 spiro atoms. The summed E-state index contributed by atoms with van der Waals surface area (Å²) in [6.07, 6.45) is 1.98. The number of piperidine rings is 1. The Morgan fingerprint density at radius 1 is 1.39 bits per heavy atom. The summed E-state index contributed by atoms with van der Waals surface area (Å²) >= 11 is 11.7. The predicted octanol–water partition coefficient (Wildman–Crippen LogP) is 2.31. The Labute approximate surface area is 146 Å². The summed E-state index contributed by atoms with van der Waals surface area (Å²) in [4.78, 5) is 26.1. The molecular weight excluding hydrogens is 337 g/mol. The molecule has 1 aromatic carbocycles. The number of hydrogen-bond donors (Lipinski definition) is 2. The number of nitrogens with one attached hydrogen (secondary N) is 1. The van der Waals surface area contributed by atoms with E-state index >= 15 is 0 Å². The van der Waals surface area contributed by atoms with Crippen LogP contribution in [0.25, 0.3) is 0 Å². The van der Waals surface area contributed by atoms with E-state index < -0.39 is 0 Å². The van der Waals surface area contributed by atoms with Crippen LogP contribution in [0.5, 0.6) is 0 Å². The van der Waals surface area contributed by atoms with Gasteiger partial charge in [-0.15, -0.1) is 0 Å². The second-order valence-electron chi connectivity index (χ2n) is 5.91. The monoisotopic (exact) mass is 357 g/mol. The molecule has 5 nitrogen and oxygen atoms in total. The van der Waals surface area contributed by atoms with Crippen LogP contribution in [0.2, 0.25) is 10.0 Å². The summed E-state index contributed by atoms with van der Waals surface area (Å²) in [7, 11) is 0. The van der Waals surface area contributed by atoms with Gasteiger partial charge in [0.15, 0.2) is 0 Å². The number of rotatable bonds is 4. The van der Waals surface area contributed by atoms with Crippen LogP contribution < -0.4 is 11.1 Å². The highest BCUT2D eigenvalue weighted by Gasteiger charge is 2.25. The van der Waals surface area contributed by atoms with E-state index in [9.17, 15) is 9.59 Å². The first-order valence-electron chi connectivity index (χ1n) is 7.65. The molecular formula is C16H21Cl2N3O2. The van der Waals surface area contributed by atoms with Crippen molar-refractivity contribution in [3.05, 3.63) is 33.8 Å². The minimum atomic E-state index is -0.349. The van der Waals surface area contributed by atoms with E-state index in [2.05, 4.69) is 5.32 Å². The molecule has 0 aromatic heterocycles. The Hall–Kier alpha value is -1.30. The Bertz CT molecular complexity index is 593. The lowest BCUT2D eigenvalue weighted by atomic mass is 9.92. The van der Waals surface area contributed by atoms with Gasteiger partial charge in [0.25, 0.3) is 5.91 Å². The van der Waals surface area contributed by atoms with Crippen molar-refractivity contribution in [2.45, 2.75) is 25.8 Å². The molecule has 1 saturated heterocycles. The van der Waals surface area contributed by atoms with Crippen LogP contribution in [0.3, 0.4) is 0 Å². The molecule has 126 valence electrons. The van der Waals surface area contributed by atoms with Crippen LogP contribution in [0, 0.1) is 5.92 Å². The summed E-state index contributed by atoms with van der Waals surface area (Å²) in [5.74, 6) is -0.125. The van der Waals surface area contributed by atoms with Crippen molar-refractivity contribution in [1.82, 2.24) is 10.2 Å². The third-order valence-corrected chi connectivity index (χ3v) is 4.88. The van der Waals surface area contributed by atoms with Gasteiger partial charge in [-0.1, -0.05) is 23.2 Å². The average molecular weight is 358 g/mol. The lowest BCUT2D eigenvalue weighted by Gasteiger charge is -2.34. The summed E-state index contributed by atoms with van der Waals surface area (Å²) in [6, 6.07) is 4.67. The number of likely N-dealkylation sites (tertiary alicyclic amines) is 1. The second kappa shape index (κ2) is 7.99. The molecule has 2 unspecified atom stereocenters. The Morgan fingerprint density at radius 2 is 2.13 bits per heavy atom. The molecule has 3 N–H and O–H groups in total. The molecule has 1 aliphatic heterocycles. The van der Waals surface area contributed by atoms with Crippen LogP contribution >= 0.6 is 23.2 Å². The zero-order valence-electron chi connectivity index (χ0n) is 13.0. The number of amides is 2. The van der Waals surface area contributed by atoms with E-state index in [-0.39, 0.29) is 24.4 Å².